The average Bonchev–Trinajstić information content (AvgIpc) is 2.49. The predicted octanol–water partition coefficient (Wildman–Crippen LogP) is 1.23. The fraction of sp³-hybridized carbons (Fsp3) is 0.154. The number of nitrogens with zero attached hydrogens (tertiary/aromatic N) is 3. The van der Waals surface area contributed by atoms with Crippen molar-refractivity contribution in [1.29, 1.82) is 0 Å². The van der Waals surface area contributed by atoms with Gasteiger partial charge in [-0.05, 0) is 6.07 Å². The Balaban J connectivity index is 2.04. The Morgan fingerprint density at radius 2 is 2.18 bits per heavy atom. The first-order valence-corrected chi connectivity index (χ1v) is 6.59. The van der Waals surface area contributed by atoms with Crippen LogP contribution in [-0.4, -0.2) is 26.9 Å². The van der Waals surface area contributed by atoms with Crippen molar-refractivity contribution in [2.75, 3.05) is 6.54 Å². The third kappa shape index (κ3) is 3.67. The van der Waals surface area contributed by atoms with Gasteiger partial charge in [-0.1, -0.05) is 11.6 Å². The van der Waals surface area contributed by atoms with Crippen molar-refractivity contribution in [1.82, 2.24) is 14.9 Å². The largest absolute Gasteiger partial charge is 0.350 e. The van der Waals surface area contributed by atoms with E-state index in [9.17, 15) is 19.7 Å². The molecule has 0 bridgehead atoms. The van der Waals surface area contributed by atoms with Gasteiger partial charge >= 0.3 is 0 Å². The summed E-state index contributed by atoms with van der Waals surface area (Å²) < 4.78 is 1.33. The quantitative estimate of drug-likeness (QED) is 0.658. The molecule has 0 aliphatic carbocycles. The van der Waals surface area contributed by atoms with Crippen molar-refractivity contribution in [3.05, 3.63) is 67.8 Å². The standard InChI is InChI=1S/C13H11ClN4O4/c14-11-2-1-9(18(21)22)7-10(11)13(20)16-5-6-17-8-15-4-3-12(17)19/h1-4,7-8H,5-6H2,(H,16,20). The first-order chi connectivity index (χ1) is 10.5. The number of halogens is 1. The summed E-state index contributed by atoms with van der Waals surface area (Å²) in [4.78, 5) is 37.3. The summed E-state index contributed by atoms with van der Waals surface area (Å²) in [6, 6.07) is 4.92. The molecule has 1 aromatic heterocycles. The monoisotopic (exact) mass is 322 g/mol. The summed E-state index contributed by atoms with van der Waals surface area (Å²) in [5.74, 6) is -0.550. The summed E-state index contributed by atoms with van der Waals surface area (Å²) in [6.07, 6.45) is 2.73. The van der Waals surface area contributed by atoms with Crippen LogP contribution in [0.25, 0.3) is 0 Å². The lowest BCUT2D eigenvalue weighted by molar-refractivity contribution is -0.384. The van der Waals surface area contributed by atoms with E-state index in [1.54, 1.807) is 0 Å². The van der Waals surface area contributed by atoms with Crippen molar-refractivity contribution in [2.45, 2.75) is 6.54 Å². The van der Waals surface area contributed by atoms with Gasteiger partial charge < -0.3 is 5.32 Å². The molecule has 2 aromatic rings. The second kappa shape index (κ2) is 6.81. The minimum Gasteiger partial charge on any atom is -0.350 e. The van der Waals surface area contributed by atoms with E-state index >= 15 is 0 Å². The summed E-state index contributed by atoms with van der Waals surface area (Å²) in [5.41, 5.74) is -0.454. The zero-order chi connectivity index (χ0) is 16.1. The third-order valence-corrected chi connectivity index (χ3v) is 3.17. The van der Waals surface area contributed by atoms with Gasteiger partial charge in [0, 0.05) is 37.5 Å². The molecule has 0 saturated heterocycles. The van der Waals surface area contributed by atoms with Gasteiger partial charge in [0.1, 0.15) is 0 Å². The average molecular weight is 323 g/mol. The van der Waals surface area contributed by atoms with E-state index in [-0.39, 0.29) is 34.9 Å². The van der Waals surface area contributed by atoms with Crippen molar-refractivity contribution >= 4 is 23.2 Å². The van der Waals surface area contributed by atoms with Crippen LogP contribution in [0.3, 0.4) is 0 Å². The van der Waals surface area contributed by atoms with Crippen LogP contribution in [0.1, 0.15) is 10.4 Å². The van der Waals surface area contributed by atoms with Gasteiger partial charge in [0.05, 0.1) is 21.8 Å². The van der Waals surface area contributed by atoms with Gasteiger partial charge in [-0.25, -0.2) is 4.98 Å². The highest BCUT2D eigenvalue weighted by Crippen LogP contribution is 2.21. The van der Waals surface area contributed by atoms with Crippen molar-refractivity contribution in [3.63, 3.8) is 0 Å². The molecular formula is C13H11ClN4O4. The zero-order valence-electron chi connectivity index (χ0n) is 11.2. The number of benzene rings is 1. The highest BCUT2D eigenvalue weighted by molar-refractivity contribution is 6.33. The smallest absolute Gasteiger partial charge is 0.270 e. The van der Waals surface area contributed by atoms with Crippen LogP contribution < -0.4 is 10.9 Å². The highest BCUT2D eigenvalue weighted by atomic mass is 35.5. The molecule has 22 heavy (non-hydrogen) atoms. The van der Waals surface area contributed by atoms with E-state index in [1.165, 1.54) is 35.3 Å². The maximum Gasteiger partial charge on any atom is 0.270 e. The molecule has 1 aromatic carbocycles. The number of nitro groups is 1. The highest BCUT2D eigenvalue weighted by Gasteiger charge is 2.15. The summed E-state index contributed by atoms with van der Waals surface area (Å²) in [5, 5.41) is 13.4. The van der Waals surface area contributed by atoms with Crippen molar-refractivity contribution < 1.29 is 9.72 Å². The molecule has 2 rings (SSSR count). The van der Waals surface area contributed by atoms with E-state index in [0.717, 1.165) is 6.07 Å². The number of rotatable bonds is 5. The molecule has 0 saturated carbocycles. The van der Waals surface area contributed by atoms with E-state index in [4.69, 9.17) is 11.6 Å². The number of aromatic nitrogens is 2. The number of carbonyl (C=O) groups excluding carboxylic acids is 1. The molecule has 9 heteroatoms. The molecular weight excluding hydrogens is 312 g/mol. The molecule has 0 spiro atoms. The number of nitro benzene ring substituents is 1. The molecule has 8 nitrogen and oxygen atoms in total. The van der Waals surface area contributed by atoms with Crippen molar-refractivity contribution in [2.24, 2.45) is 0 Å². The van der Waals surface area contributed by atoms with Crippen LogP contribution in [0.5, 0.6) is 0 Å². The van der Waals surface area contributed by atoms with Gasteiger partial charge in [0.2, 0.25) is 0 Å². The third-order valence-electron chi connectivity index (χ3n) is 2.84. The normalized spacial score (nSPS) is 10.2. The lowest BCUT2D eigenvalue weighted by Crippen LogP contribution is -2.30. The van der Waals surface area contributed by atoms with Crippen LogP contribution in [0, 0.1) is 10.1 Å². The number of hydrogen-bond donors (Lipinski definition) is 1. The molecule has 1 amide bonds. The number of non-ortho nitro benzene ring substituents is 1. The Labute approximate surface area is 129 Å². The zero-order valence-corrected chi connectivity index (χ0v) is 12.0. The van der Waals surface area contributed by atoms with Crippen molar-refractivity contribution in [3.8, 4) is 0 Å². The van der Waals surface area contributed by atoms with Gasteiger partial charge in [0.15, 0.2) is 0 Å². The molecule has 0 aliphatic rings. The minimum atomic E-state index is -0.609. The van der Waals surface area contributed by atoms with Crippen LogP contribution in [-0.2, 0) is 6.54 Å². The van der Waals surface area contributed by atoms with Gasteiger partial charge in [-0.3, -0.25) is 24.3 Å². The Morgan fingerprint density at radius 1 is 1.41 bits per heavy atom. The number of amides is 1. The van der Waals surface area contributed by atoms with Crippen LogP contribution >= 0.6 is 11.6 Å². The lowest BCUT2D eigenvalue weighted by Gasteiger charge is -2.08. The molecule has 114 valence electrons. The predicted molar refractivity (Wildman–Crippen MR) is 78.9 cm³/mol. The molecule has 1 heterocycles. The maximum absolute atomic E-state index is 12.0. The first kappa shape index (κ1) is 15.6. The maximum atomic E-state index is 12.0. The molecule has 0 fully saturated rings. The Bertz CT molecular complexity index is 775. The van der Waals surface area contributed by atoms with E-state index in [1.807, 2.05) is 0 Å². The van der Waals surface area contributed by atoms with E-state index in [0.29, 0.717) is 0 Å². The molecule has 1 N–H and O–H groups in total. The summed E-state index contributed by atoms with van der Waals surface area (Å²) in [6.45, 7) is 0.383. The first-order valence-electron chi connectivity index (χ1n) is 6.21. The molecule has 0 atom stereocenters. The summed E-state index contributed by atoms with van der Waals surface area (Å²) in [7, 11) is 0. The Morgan fingerprint density at radius 3 is 2.86 bits per heavy atom. The van der Waals surface area contributed by atoms with Crippen LogP contribution in [0.15, 0.2) is 41.6 Å². The number of hydrogen-bond acceptors (Lipinski definition) is 5. The van der Waals surface area contributed by atoms with E-state index < -0.39 is 10.8 Å². The fourth-order valence-electron chi connectivity index (χ4n) is 1.73. The molecule has 0 unspecified atom stereocenters. The molecule has 0 aliphatic heterocycles. The van der Waals surface area contributed by atoms with E-state index in [2.05, 4.69) is 10.3 Å². The molecule has 0 radical (unpaired) electrons. The SMILES string of the molecule is O=C(NCCn1cnccc1=O)c1cc([N+](=O)[O-])ccc1Cl. The number of nitrogens with one attached hydrogen (secondary N) is 1. The number of carbonyl (C=O) groups is 1. The topological polar surface area (TPSA) is 107 Å². The Kier molecular flexibility index (Phi) is 4.84. The minimum absolute atomic E-state index is 0.00870. The second-order valence-electron chi connectivity index (χ2n) is 4.29. The lowest BCUT2D eigenvalue weighted by atomic mass is 10.2. The van der Waals surface area contributed by atoms with Crippen LogP contribution in [0.4, 0.5) is 5.69 Å². The Hall–Kier alpha value is -2.74. The fourth-order valence-corrected chi connectivity index (χ4v) is 1.94. The van der Waals surface area contributed by atoms with Crippen LogP contribution in [0.2, 0.25) is 5.02 Å². The van der Waals surface area contributed by atoms with Gasteiger partial charge in [-0.15, -0.1) is 0 Å². The second-order valence-corrected chi connectivity index (χ2v) is 4.70. The van der Waals surface area contributed by atoms with Gasteiger partial charge in [-0.2, -0.15) is 0 Å². The summed E-state index contributed by atoms with van der Waals surface area (Å²) >= 11 is 5.87. The van der Waals surface area contributed by atoms with Gasteiger partial charge in [0.25, 0.3) is 17.2 Å².